The molecule has 1 saturated carbocycles. The number of aromatic nitrogens is 1. The molecule has 2 fully saturated rings. The second kappa shape index (κ2) is 7.55. The highest BCUT2D eigenvalue weighted by molar-refractivity contribution is 6.08. The Morgan fingerprint density at radius 1 is 1.22 bits per heavy atom. The second-order valence-electron chi connectivity index (χ2n) is 8.28. The van der Waals surface area contributed by atoms with E-state index in [9.17, 15) is 4.79 Å². The molecule has 2 aliphatic rings. The van der Waals surface area contributed by atoms with E-state index in [4.69, 9.17) is 4.74 Å². The van der Waals surface area contributed by atoms with E-state index in [0.29, 0.717) is 12.0 Å². The lowest BCUT2D eigenvalue weighted by Crippen LogP contribution is -2.52. The Morgan fingerprint density at radius 3 is 2.70 bits per heavy atom. The molecule has 27 heavy (non-hydrogen) atoms. The monoisotopic (exact) mass is 369 g/mol. The number of hydrogen-bond donors (Lipinski definition) is 0. The molecule has 1 unspecified atom stereocenters. The van der Waals surface area contributed by atoms with Crippen molar-refractivity contribution in [1.29, 1.82) is 0 Å². The molecule has 1 aromatic carbocycles. The molecule has 1 saturated heterocycles. The van der Waals surface area contributed by atoms with Gasteiger partial charge in [-0.25, -0.2) is 0 Å². The van der Waals surface area contributed by atoms with Gasteiger partial charge in [-0.2, -0.15) is 0 Å². The van der Waals surface area contributed by atoms with Crippen molar-refractivity contribution in [3.63, 3.8) is 0 Å². The number of piperazine rings is 1. The molecule has 0 N–H and O–H groups in total. The van der Waals surface area contributed by atoms with Gasteiger partial charge in [0.25, 0.3) is 5.91 Å². The number of hydrogen-bond acceptors (Lipinski definition) is 3. The summed E-state index contributed by atoms with van der Waals surface area (Å²) in [6.45, 7) is 5.67. The van der Waals surface area contributed by atoms with Crippen LogP contribution in [0.15, 0.2) is 24.4 Å². The average molecular weight is 370 g/mol. The van der Waals surface area contributed by atoms with Crippen LogP contribution in [0.3, 0.4) is 0 Å². The average Bonchev–Trinajstić information content (AvgIpc) is 3.32. The standard InChI is InChI=1S/C22H31N3O2/c1-16-13-24(12-11-23(16)2)22(26)19-15-25(14-17-7-4-5-8-17)21-18(19)9-6-10-20(21)27-3/h6,9-10,15-17H,4-5,7-8,11-14H2,1-3H3. The maximum Gasteiger partial charge on any atom is 0.256 e. The van der Waals surface area contributed by atoms with E-state index in [1.807, 2.05) is 17.0 Å². The molecule has 2 heterocycles. The van der Waals surface area contributed by atoms with E-state index in [1.54, 1.807) is 7.11 Å². The van der Waals surface area contributed by atoms with Gasteiger partial charge < -0.3 is 19.1 Å². The van der Waals surface area contributed by atoms with Gasteiger partial charge in [-0.15, -0.1) is 0 Å². The predicted octanol–water partition coefficient (Wildman–Crippen LogP) is 3.62. The quantitative estimate of drug-likeness (QED) is 0.826. The van der Waals surface area contributed by atoms with Gasteiger partial charge in [0.1, 0.15) is 5.75 Å². The molecule has 146 valence electrons. The van der Waals surface area contributed by atoms with E-state index in [1.165, 1.54) is 25.7 Å². The van der Waals surface area contributed by atoms with Crippen LogP contribution in [-0.2, 0) is 6.54 Å². The van der Waals surface area contributed by atoms with Gasteiger partial charge in [-0.1, -0.05) is 25.0 Å². The van der Waals surface area contributed by atoms with Crippen LogP contribution in [-0.4, -0.2) is 60.1 Å². The molecule has 1 atom stereocenters. The third-order valence-corrected chi connectivity index (χ3v) is 6.49. The highest BCUT2D eigenvalue weighted by atomic mass is 16.5. The van der Waals surface area contributed by atoms with E-state index in [0.717, 1.165) is 48.4 Å². The highest BCUT2D eigenvalue weighted by Crippen LogP contribution is 2.34. The third-order valence-electron chi connectivity index (χ3n) is 6.49. The van der Waals surface area contributed by atoms with Gasteiger partial charge >= 0.3 is 0 Å². The molecule has 0 spiro atoms. The fourth-order valence-corrected chi connectivity index (χ4v) is 4.68. The van der Waals surface area contributed by atoms with Crippen LogP contribution in [0.5, 0.6) is 5.75 Å². The Bertz CT molecular complexity index is 822. The summed E-state index contributed by atoms with van der Waals surface area (Å²) in [6.07, 6.45) is 7.30. The number of methoxy groups -OCH3 is 1. The fourth-order valence-electron chi connectivity index (χ4n) is 4.68. The number of carbonyl (C=O) groups is 1. The minimum absolute atomic E-state index is 0.151. The minimum atomic E-state index is 0.151. The summed E-state index contributed by atoms with van der Waals surface area (Å²) < 4.78 is 7.92. The Labute approximate surface area is 161 Å². The predicted molar refractivity (Wildman–Crippen MR) is 108 cm³/mol. The van der Waals surface area contributed by atoms with Crippen molar-refractivity contribution in [1.82, 2.24) is 14.4 Å². The summed E-state index contributed by atoms with van der Waals surface area (Å²) in [5.74, 6) is 1.71. The number of rotatable bonds is 4. The molecule has 5 nitrogen and oxygen atoms in total. The summed E-state index contributed by atoms with van der Waals surface area (Å²) in [5.41, 5.74) is 1.89. The number of likely N-dealkylation sites (N-methyl/N-ethyl adjacent to an activating group) is 1. The van der Waals surface area contributed by atoms with Crippen molar-refractivity contribution in [2.75, 3.05) is 33.8 Å². The molecule has 5 heteroatoms. The van der Waals surface area contributed by atoms with E-state index < -0.39 is 0 Å². The first kappa shape index (κ1) is 18.4. The van der Waals surface area contributed by atoms with Crippen molar-refractivity contribution in [3.8, 4) is 5.75 Å². The zero-order valence-corrected chi connectivity index (χ0v) is 16.8. The van der Waals surface area contributed by atoms with Gasteiger partial charge in [0, 0.05) is 43.8 Å². The van der Waals surface area contributed by atoms with Crippen LogP contribution >= 0.6 is 0 Å². The van der Waals surface area contributed by atoms with Crippen molar-refractivity contribution in [3.05, 3.63) is 30.0 Å². The number of ether oxygens (including phenoxy) is 1. The summed E-state index contributed by atoms with van der Waals surface area (Å²) in [5, 5.41) is 1.02. The molecule has 1 aliphatic carbocycles. The number of benzene rings is 1. The van der Waals surface area contributed by atoms with Gasteiger partial charge in [0.05, 0.1) is 18.2 Å². The lowest BCUT2D eigenvalue weighted by atomic mass is 10.1. The lowest BCUT2D eigenvalue weighted by molar-refractivity contribution is 0.0574. The number of carbonyl (C=O) groups excluding carboxylic acids is 1. The van der Waals surface area contributed by atoms with Crippen molar-refractivity contribution >= 4 is 16.8 Å². The number of fused-ring (bicyclic) bond motifs is 1. The molecular formula is C22H31N3O2. The first-order valence-corrected chi connectivity index (χ1v) is 10.2. The van der Waals surface area contributed by atoms with Crippen LogP contribution in [0.2, 0.25) is 0 Å². The molecule has 0 radical (unpaired) electrons. The molecule has 1 aromatic heterocycles. The van der Waals surface area contributed by atoms with Crippen LogP contribution < -0.4 is 4.74 Å². The largest absolute Gasteiger partial charge is 0.495 e. The van der Waals surface area contributed by atoms with Crippen molar-refractivity contribution < 1.29 is 9.53 Å². The summed E-state index contributed by atoms with van der Waals surface area (Å²) >= 11 is 0. The molecule has 0 bridgehead atoms. The fraction of sp³-hybridized carbons (Fsp3) is 0.591. The first-order chi connectivity index (χ1) is 13.1. The summed E-state index contributed by atoms with van der Waals surface area (Å²) in [6, 6.07) is 6.45. The van der Waals surface area contributed by atoms with Crippen molar-refractivity contribution in [2.24, 2.45) is 5.92 Å². The summed E-state index contributed by atoms with van der Waals surface area (Å²) in [4.78, 5) is 17.7. The molecule has 4 rings (SSSR count). The Hall–Kier alpha value is -2.01. The van der Waals surface area contributed by atoms with Crippen LogP contribution in [0.25, 0.3) is 10.9 Å². The van der Waals surface area contributed by atoms with E-state index in [-0.39, 0.29) is 5.91 Å². The van der Waals surface area contributed by atoms with Crippen molar-refractivity contribution in [2.45, 2.75) is 45.2 Å². The smallest absolute Gasteiger partial charge is 0.256 e. The molecule has 2 aromatic rings. The van der Waals surface area contributed by atoms with E-state index in [2.05, 4.69) is 35.7 Å². The normalized spacial score (nSPS) is 21.9. The zero-order chi connectivity index (χ0) is 19.0. The van der Waals surface area contributed by atoms with Gasteiger partial charge in [0.2, 0.25) is 0 Å². The van der Waals surface area contributed by atoms with Crippen LogP contribution in [0.1, 0.15) is 43.0 Å². The Kier molecular flexibility index (Phi) is 5.13. The first-order valence-electron chi connectivity index (χ1n) is 10.2. The maximum absolute atomic E-state index is 13.4. The second-order valence-corrected chi connectivity index (χ2v) is 8.28. The minimum Gasteiger partial charge on any atom is -0.495 e. The Morgan fingerprint density at radius 2 is 2.00 bits per heavy atom. The number of nitrogens with zero attached hydrogens (tertiary/aromatic N) is 3. The van der Waals surface area contributed by atoms with E-state index >= 15 is 0 Å². The van der Waals surface area contributed by atoms with Gasteiger partial charge in [0.15, 0.2) is 0 Å². The topological polar surface area (TPSA) is 37.7 Å². The van der Waals surface area contributed by atoms with Crippen LogP contribution in [0.4, 0.5) is 0 Å². The maximum atomic E-state index is 13.4. The van der Waals surface area contributed by atoms with Gasteiger partial charge in [-0.3, -0.25) is 4.79 Å². The molecule has 1 amide bonds. The number of amides is 1. The number of para-hydroxylation sites is 1. The summed E-state index contributed by atoms with van der Waals surface area (Å²) in [7, 11) is 3.84. The highest BCUT2D eigenvalue weighted by Gasteiger charge is 2.28. The molecule has 1 aliphatic heterocycles. The zero-order valence-electron chi connectivity index (χ0n) is 16.8. The Balaban J connectivity index is 1.70. The molecular weight excluding hydrogens is 338 g/mol. The lowest BCUT2D eigenvalue weighted by Gasteiger charge is -2.37. The van der Waals surface area contributed by atoms with Gasteiger partial charge in [-0.05, 0) is 38.8 Å². The van der Waals surface area contributed by atoms with Crippen LogP contribution in [0, 0.1) is 5.92 Å². The third kappa shape index (κ3) is 3.45. The SMILES string of the molecule is COc1cccc2c(C(=O)N3CCN(C)C(C)C3)cn(CC3CCCC3)c12.